The Hall–Kier alpha value is -3.27. The van der Waals surface area contributed by atoms with Gasteiger partial charge in [-0.15, -0.1) is 11.8 Å². The van der Waals surface area contributed by atoms with Crippen LogP contribution < -0.4 is 10.1 Å². The quantitative estimate of drug-likeness (QED) is 0.0740. The van der Waals surface area contributed by atoms with Crippen molar-refractivity contribution in [1.29, 1.82) is 0 Å². The summed E-state index contributed by atoms with van der Waals surface area (Å²) in [6, 6.07) is 15.8. The topological polar surface area (TPSA) is 182 Å². The molecule has 2 aliphatic rings. The molecule has 4 atom stereocenters. The van der Waals surface area contributed by atoms with Gasteiger partial charge in [-0.2, -0.15) is 0 Å². The van der Waals surface area contributed by atoms with Gasteiger partial charge in [0, 0.05) is 53.5 Å². The number of pyridine rings is 1. The van der Waals surface area contributed by atoms with E-state index in [1.165, 1.54) is 18.8 Å². The van der Waals surface area contributed by atoms with Crippen molar-refractivity contribution >= 4 is 35.2 Å². The molecule has 2 saturated carbocycles. The van der Waals surface area contributed by atoms with E-state index in [0.717, 1.165) is 63.5 Å². The van der Waals surface area contributed by atoms with Crippen molar-refractivity contribution in [2.24, 2.45) is 0 Å². The molecule has 1 heterocycles. The molecule has 51 heavy (non-hydrogen) atoms. The minimum Gasteiger partial charge on any atom is -0.490 e. The van der Waals surface area contributed by atoms with E-state index >= 15 is 0 Å². The maximum atomic E-state index is 13.1. The molecule has 276 valence electrons. The molecule has 0 aliphatic heterocycles. The fraction of sp³-hybridized carbons (Fsp3) is 0.486. The number of aliphatic hydroxyl groups excluding tert-OH is 5. The molecular formula is C37H46ClN3O9S. The maximum absolute atomic E-state index is 13.1. The van der Waals surface area contributed by atoms with E-state index in [1.54, 1.807) is 6.20 Å². The highest BCUT2D eigenvalue weighted by atomic mass is 35.5. The van der Waals surface area contributed by atoms with Gasteiger partial charge < -0.3 is 45.2 Å². The van der Waals surface area contributed by atoms with Crippen LogP contribution in [0.25, 0.3) is 11.1 Å². The minimum absolute atomic E-state index is 0.0585. The van der Waals surface area contributed by atoms with Gasteiger partial charge in [-0.05, 0) is 79.3 Å². The average molecular weight is 744 g/mol. The monoisotopic (exact) mass is 743 g/mol. The van der Waals surface area contributed by atoms with Gasteiger partial charge in [-0.25, -0.2) is 0 Å². The zero-order valence-corrected chi connectivity index (χ0v) is 30.1. The summed E-state index contributed by atoms with van der Waals surface area (Å²) < 4.78 is 12.8. The van der Waals surface area contributed by atoms with E-state index in [9.17, 15) is 30.0 Å². The number of aliphatic hydroxyl groups is 5. The van der Waals surface area contributed by atoms with Crippen LogP contribution in [0.2, 0.25) is 5.02 Å². The molecule has 2 aromatic carbocycles. The Morgan fingerprint density at radius 1 is 1.06 bits per heavy atom. The SMILES string of the molecule is CNC(=O)CN(C[C@H](O)[C@@H](O)[C@H](O)[C@H](O)CO)C(=O)CCCSc1ccc(Cl)c(COC2(c3cnccc3-c3ccccc3OC3CC3)CC2)c1. The Morgan fingerprint density at radius 3 is 2.51 bits per heavy atom. The Bertz CT molecular complexity index is 1640. The fourth-order valence-corrected chi connectivity index (χ4v) is 6.78. The van der Waals surface area contributed by atoms with Crippen molar-refractivity contribution < 1.29 is 44.6 Å². The summed E-state index contributed by atoms with van der Waals surface area (Å²) >= 11 is 8.15. The van der Waals surface area contributed by atoms with Crippen LogP contribution in [0.5, 0.6) is 5.75 Å². The predicted molar refractivity (Wildman–Crippen MR) is 192 cm³/mol. The molecule has 0 unspecified atom stereocenters. The summed E-state index contributed by atoms with van der Waals surface area (Å²) in [5.41, 5.74) is 3.44. The van der Waals surface area contributed by atoms with Crippen LogP contribution in [0.3, 0.4) is 0 Å². The van der Waals surface area contributed by atoms with Crippen molar-refractivity contribution in [2.75, 3.05) is 32.5 Å². The number of hydrogen-bond acceptors (Lipinski definition) is 11. The second-order valence-corrected chi connectivity index (χ2v) is 14.5. The molecule has 0 spiro atoms. The number of carbonyl (C=O) groups is 2. The van der Waals surface area contributed by atoms with Crippen LogP contribution in [-0.4, -0.2) is 110 Å². The lowest BCUT2D eigenvalue weighted by Gasteiger charge is -2.30. The third kappa shape index (κ3) is 10.4. The van der Waals surface area contributed by atoms with Crippen molar-refractivity contribution in [1.82, 2.24) is 15.2 Å². The normalized spacial score (nSPS) is 17.2. The number of nitrogens with zero attached hydrogens (tertiary/aromatic N) is 2. The largest absolute Gasteiger partial charge is 0.490 e. The number of amides is 2. The molecule has 2 aliphatic carbocycles. The van der Waals surface area contributed by atoms with Crippen LogP contribution in [0.1, 0.15) is 49.7 Å². The van der Waals surface area contributed by atoms with Gasteiger partial charge in [0.15, 0.2) is 0 Å². The second kappa shape index (κ2) is 18.0. The van der Waals surface area contributed by atoms with E-state index in [1.807, 2.05) is 48.7 Å². The number of carbonyl (C=O) groups excluding carboxylic acids is 2. The number of halogens is 1. The molecule has 0 radical (unpaired) electrons. The minimum atomic E-state index is -1.85. The summed E-state index contributed by atoms with van der Waals surface area (Å²) in [7, 11) is 1.41. The van der Waals surface area contributed by atoms with Gasteiger partial charge in [0.1, 0.15) is 30.2 Å². The molecule has 3 aromatic rings. The van der Waals surface area contributed by atoms with E-state index in [0.29, 0.717) is 23.8 Å². The molecule has 0 saturated heterocycles. The molecule has 14 heteroatoms. The van der Waals surface area contributed by atoms with Crippen molar-refractivity contribution in [3.63, 3.8) is 0 Å². The summed E-state index contributed by atoms with van der Waals surface area (Å²) in [5.74, 6) is 0.521. The molecule has 12 nitrogen and oxygen atoms in total. The Balaban J connectivity index is 1.17. The summed E-state index contributed by atoms with van der Waals surface area (Å²) in [4.78, 5) is 31.6. The lowest BCUT2D eigenvalue weighted by molar-refractivity contribution is -0.143. The highest BCUT2D eigenvalue weighted by molar-refractivity contribution is 7.99. The number of likely N-dealkylation sites (N-methyl/N-ethyl adjacent to an activating group) is 1. The molecule has 0 bridgehead atoms. The second-order valence-electron chi connectivity index (χ2n) is 13.0. The van der Waals surface area contributed by atoms with E-state index in [2.05, 4.69) is 16.4 Å². The van der Waals surface area contributed by atoms with Gasteiger partial charge in [-0.1, -0.05) is 29.8 Å². The first-order chi connectivity index (χ1) is 24.5. The van der Waals surface area contributed by atoms with Gasteiger partial charge in [0.2, 0.25) is 11.8 Å². The average Bonchev–Trinajstić information content (AvgIpc) is 4.10. The number of hydrogen-bond donors (Lipinski definition) is 6. The number of benzene rings is 2. The summed E-state index contributed by atoms with van der Waals surface area (Å²) in [5, 5.41) is 52.2. The molecule has 6 N–H and O–H groups in total. The zero-order valence-electron chi connectivity index (χ0n) is 28.5. The van der Waals surface area contributed by atoms with Crippen LogP contribution in [0, 0.1) is 0 Å². The van der Waals surface area contributed by atoms with Crippen molar-refractivity contribution in [2.45, 2.75) is 86.1 Å². The third-order valence-electron chi connectivity index (χ3n) is 9.04. The first-order valence-corrected chi connectivity index (χ1v) is 18.5. The smallest absolute Gasteiger partial charge is 0.239 e. The molecular weight excluding hydrogens is 698 g/mol. The summed E-state index contributed by atoms with van der Waals surface area (Å²) in [6.45, 7) is -1.36. The third-order valence-corrected chi connectivity index (χ3v) is 10.5. The van der Waals surface area contributed by atoms with E-state index < -0.39 is 55.0 Å². The zero-order chi connectivity index (χ0) is 36.5. The highest BCUT2D eigenvalue weighted by Gasteiger charge is 2.48. The van der Waals surface area contributed by atoms with Crippen molar-refractivity contribution in [3.8, 4) is 16.9 Å². The van der Waals surface area contributed by atoms with Gasteiger partial charge in [-0.3, -0.25) is 14.6 Å². The van der Waals surface area contributed by atoms with Crippen molar-refractivity contribution in [3.05, 3.63) is 77.1 Å². The van der Waals surface area contributed by atoms with Crippen LogP contribution >= 0.6 is 23.4 Å². The first-order valence-electron chi connectivity index (χ1n) is 17.1. The lowest BCUT2D eigenvalue weighted by Crippen LogP contribution is -2.52. The number of ether oxygens (including phenoxy) is 2. The van der Waals surface area contributed by atoms with E-state index in [-0.39, 0.29) is 19.1 Å². The number of nitrogens with one attached hydrogen (secondary N) is 1. The van der Waals surface area contributed by atoms with Gasteiger partial charge in [0.05, 0.1) is 31.5 Å². The molecule has 2 amide bonds. The summed E-state index contributed by atoms with van der Waals surface area (Å²) in [6.07, 6.45) is 1.27. The van der Waals surface area contributed by atoms with Crippen LogP contribution in [0.4, 0.5) is 0 Å². The van der Waals surface area contributed by atoms with E-state index in [4.69, 9.17) is 26.2 Å². The molecule has 1 aromatic heterocycles. The predicted octanol–water partition coefficient (Wildman–Crippen LogP) is 3.03. The Morgan fingerprint density at radius 2 is 1.80 bits per heavy atom. The Kier molecular flexibility index (Phi) is 13.7. The number of rotatable bonds is 20. The maximum Gasteiger partial charge on any atom is 0.239 e. The first kappa shape index (κ1) is 38.9. The fourth-order valence-electron chi connectivity index (χ4n) is 5.70. The standard InChI is InChI=1S/C37H46ClN3O9S/c1-39-33(45)20-41(19-30(43)35(47)36(48)31(44)21-42)34(46)7-4-16-51-25-10-11-29(38)23(17-25)22-49-37(13-14-37)28-18-40-15-12-26(28)27-5-2-3-6-32(27)50-24-8-9-24/h2-3,5-6,10-12,15,17-18,24,30-31,35-36,42-44,47-48H,4,7-9,13-14,16,19-22H2,1H3,(H,39,45)/t30-,31+,35+,36+/m0/s1. The number of thioether (sulfide) groups is 1. The van der Waals surface area contributed by atoms with Gasteiger partial charge >= 0.3 is 0 Å². The van der Waals surface area contributed by atoms with Gasteiger partial charge in [0.25, 0.3) is 0 Å². The van der Waals surface area contributed by atoms with Crippen LogP contribution in [-0.2, 0) is 26.5 Å². The number of para-hydroxylation sites is 1. The Labute approximate surface area is 306 Å². The molecule has 2 fully saturated rings. The molecule has 5 rings (SSSR count). The van der Waals surface area contributed by atoms with Crippen LogP contribution in [0.15, 0.2) is 65.8 Å². The number of aromatic nitrogens is 1. The highest BCUT2D eigenvalue weighted by Crippen LogP contribution is 2.53. The lowest BCUT2D eigenvalue weighted by atomic mass is 9.96.